The fourth-order valence-corrected chi connectivity index (χ4v) is 5.82. The molecule has 0 amide bonds. The van der Waals surface area contributed by atoms with Crippen LogP contribution in [-0.2, 0) is 0 Å². The normalized spacial score (nSPS) is 36.6. The number of nitrogens with one attached hydrogen (secondary N) is 2. The highest BCUT2D eigenvalue weighted by Gasteiger charge is 2.36. The van der Waals surface area contributed by atoms with Gasteiger partial charge in [0.2, 0.25) is 0 Å². The zero-order valence-electron chi connectivity index (χ0n) is 16.3. The highest BCUT2D eigenvalue weighted by molar-refractivity contribution is 6.20. The van der Waals surface area contributed by atoms with Gasteiger partial charge in [0, 0.05) is 24.0 Å². The number of aliphatic hydroxyl groups is 1. The molecule has 152 valence electrons. The van der Waals surface area contributed by atoms with E-state index in [0.29, 0.717) is 23.3 Å². The van der Waals surface area contributed by atoms with Crippen LogP contribution in [0.4, 0.5) is 0 Å². The lowest BCUT2D eigenvalue weighted by Crippen LogP contribution is -2.56. The lowest BCUT2D eigenvalue weighted by Gasteiger charge is -2.42. The van der Waals surface area contributed by atoms with Gasteiger partial charge < -0.3 is 10.8 Å². The van der Waals surface area contributed by atoms with Crippen LogP contribution in [0.2, 0.25) is 0 Å². The van der Waals surface area contributed by atoms with Gasteiger partial charge in [0.1, 0.15) is 0 Å². The second kappa shape index (κ2) is 10.6. The van der Waals surface area contributed by atoms with Crippen molar-refractivity contribution in [1.82, 2.24) is 10.6 Å². The summed E-state index contributed by atoms with van der Waals surface area (Å²) in [6, 6.07) is 0.573. The Kier molecular flexibility index (Phi) is 8.51. The van der Waals surface area contributed by atoms with Crippen LogP contribution >= 0.6 is 11.6 Å². The standard InChI is InChI=1S/C21H40ClN3O/c22-17-12-10-16(11-13-17)20(23)18-8-4-5-9-19(18)25-21(26)24-14-15-6-2-1-3-7-15/h15-21,24-26H,1-14,23H2. The fourth-order valence-electron chi connectivity index (χ4n) is 5.57. The van der Waals surface area contributed by atoms with E-state index in [2.05, 4.69) is 10.6 Å². The van der Waals surface area contributed by atoms with E-state index in [1.807, 2.05) is 0 Å². The van der Waals surface area contributed by atoms with E-state index in [9.17, 15) is 5.11 Å². The summed E-state index contributed by atoms with van der Waals surface area (Å²) in [5.41, 5.74) is 6.74. The van der Waals surface area contributed by atoms with Crippen molar-refractivity contribution in [3.63, 3.8) is 0 Å². The summed E-state index contributed by atoms with van der Waals surface area (Å²) >= 11 is 6.27. The van der Waals surface area contributed by atoms with Crippen molar-refractivity contribution < 1.29 is 5.11 Å². The molecule has 4 atom stereocenters. The molecule has 0 aliphatic heterocycles. The molecule has 4 nitrogen and oxygen atoms in total. The minimum Gasteiger partial charge on any atom is -0.365 e. The number of aliphatic hydroxyl groups excluding tert-OH is 1. The van der Waals surface area contributed by atoms with Gasteiger partial charge in [0.25, 0.3) is 0 Å². The van der Waals surface area contributed by atoms with Crippen LogP contribution in [0.1, 0.15) is 83.5 Å². The molecular weight excluding hydrogens is 346 g/mol. The molecule has 0 heterocycles. The molecular formula is C21H40ClN3O. The van der Waals surface area contributed by atoms with Crippen molar-refractivity contribution in [2.75, 3.05) is 6.54 Å². The summed E-state index contributed by atoms with van der Waals surface area (Å²) in [7, 11) is 0. The maximum Gasteiger partial charge on any atom is 0.160 e. The summed E-state index contributed by atoms with van der Waals surface area (Å²) in [5.74, 6) is 1.81. The van der Waals surface area contributed by atoms with Gasteiger partial charge in [-0.05, 0) is 69.1 Å². The van der Waals surface area contributed by atoms with Crippen molar-refractivity contribution >= 4 is 11.6 Å². The van der Waals surface area contributed by atoms with Crippen LogP contribution < -0.4 is 16.4 Å². The minimum atomic E-state index is -0.603. The van der Waals surface area contributed by atoms with Crippen molar-refractivity contribution in [2.24, 2.45) is 23.5 Å². The lowest BCUT2D eigenvalue weighted by atomic mass is 9.72. The molecule has 3 aliphatic carbocycles. The average molecular weight is 386 g/mol. The highest BCUT2D eigenvalue weighted by atomic mass is 35.5. The third-order valence-corrected chi connectivity index (χ3v) is 7.69. The van der Waals surface area contributed by atoms with Crippen LogP contribution in [0.25, 0.3) is 0 Å². The molecule has 0 aromatic carbocycles. The van der Waals surface area contributed by atoms with E-state index in [0.717, 1.165) is 31.7 Å². The molecule has 0 bridgehead atoms. The van der Waals surface area contributed by atoms with Gasteiger partial charge in [0.15, 0.2) is 6.35 Å². The van der Waals surface area contributed by atoms with Crippen LogP contribution in [0, 0.1) is 17.8 Å². The molecule has 5 N–H and O–H groups in total. The maximum atomic E-state index is 10.5. The van der Waals surface area contributed by atoms with Gasteiger partial charge in [-0.1, -0.05) is 32.1 Å². The maximum absolute atomic E-state index is 10.5. The quantitative estimate of drug-likeness (QED) is 0.398. The second-order valence-electron chi connectivity index (χ2n) is 9.13. The Morgan fingerprint density at radius 2 is 1.54 bits per heavy atom. The average Bonchev–Trinajstić information content (AvgIpc) is 2.68. The molecule has 0 saturated heterocycles. The lowest BCUT2D eigenvalue weighted by molar-refractivity contribution is 0.0518. The first-order valence-corrected chi connectivity index (χ1v) is 11.6. The van der Waals surface area contributed by atoms with E-state index in [-0.39, 0.29) is 6.04 Å². The zero-order chi connectivity index (χ0) is 18.4. The van der Waals surface area contributed by atoms with Crippen molar-refractivity contribution in [3.8, 4) is 0 Å². The highest BCUT2D eigenvalue weighted by Crippen LogP contribution is 2.36. The van der Waals surface area contributed by atoms with E-state index >= 15 is 0 Å². The number of hydrogen-bond donors (Lipinski definition) is 4. The van der Waals surface area contributed by atoms with Gasteiger partial charge >= 0.3 is 0 Å². The molecule has 5 heteroatoms. The molecule has 4 unspecified atom stereocenters. The number of halogens is 1. The van der Waals surface area contributed by atoms with Crippen LogP contribution in [-0.4, -0.2) is 35.5 Å². The molecule has 3 aliphatic rings. The second-order valence-corrected chi connectivity index (χ2v) is 9.74. The topological polar surface area (TPSA) is 70.3 Å². The number of rotatable bonds is 7. The predicted octanol–water partition coefficient (Wildman–Crippen LogP) is 3.71. The molecule has 0 aromatic rings. The third-order valence-electron chi connectivity index (χ3n) is 7.26. The largest absolute Gasteiger partial charge is 0.365 e. The van der Waals surface area contributed by atoms with E-state index < -0.39 is 6.35 Å². The van der Waals surface area contributed by atoms with Gasteiger partial charge in [0.05, 0.1) is 0 Å². The third kappa shape index (κ3) is 6.07. The first kappa shape index (κ1) is 20.9. The van der Waals surface area contributed by atoms with Crippen LogP contribution in [0.5, 0.6) is 0 Å². The monoisotopic (exact) mass is 385 g/mol. The first-order chi connectivity index (χ1) is 12.6. The van der Waals surface area contributed by atoms with Gasteiger partial charge in [-0.25, -0.2) is 0 Å². The van der Waals surface area contributed by atoms with Crippen molar-refractivity contribution in [3.05, 3.63) is 0 Å². The number of hydrogen-bond acceptors (Lipinski definition) is 4. The SMILES string of the molecule is NC(C1CCC(Cl)CC1)C1CCCCC1NC(O)NCC1CCCCC1. The Balaban J connectivity index is 1.46. The minimum absolute atomic E-state index is 0.238. The Morgan fingerprint density at radius 1 is 0.885 bits per heavy atom. The van der Waals surface area contributed by atoms with E-state index in [1.54, 1.807) is 0 Å². The van der Waals surface area contributed by atoms with E-state index in [4.69, 9.17) is 17.3 Å². The summed E-state index contributed by atoms with van der Waals surface area (Å²) in [6.45, 7) is 0.928. The molecule has 3 saturated carbocycles. The summed E-state index contributed by atoms with van der Waals surface area (Å²) < 4.78 is 0. The predicted molar refractivity (Wildman–Crippen MR) is 109 cm³/mol. The van der Waals surface area contributed by atoms with Crippen molar-refractivity contribution in [1.29, 1.82) is 0 Å². The van der Waals surface area contributed by atoms with Gasteiger partial charge in [-0.15, -0.1) is 11.6 Å². The Morgan fingerprint density at radius 3 is 2.27 bits per heavy atom. The Hall–Kier alpha value is 0.130. The zero-order valence-corrected chi connectivity index (χ0v) is 17.1. The van der Waals surface area contributed by atoms with Gasteiger partial charge in [-0.3, -0.25) is 10.6 Å². The van der Waals surface area contributed by atoms with Crippen molar-refractivity contribution in [2.45, 2.75) is 107 Å². The molecule has 0 aromatic heterocycles. The molecule has 3 fully saturated rings. The molecule has 0 spiro atoms. The van der Waals surface area contributed by atoms with E-state index in [1.165, 1.54) is 64.2 Å². The Labute approximate surface area is 165 Å². The molecule has 26 heavy (non-hydrogen) atoms. The molecule has 3 rings (SSSR count). The Bertz CT molecular complexity index is 397. The van der Waals surface area contributed by atoms with Crippen LogP contribution in [0.3, 0.4) is 0 Å². The summed E-state index contributed by atoms with van der Waals surface area (Å²) in [4.78, 5) is 0. The summed E-state index contributed by atoms with van der Waals surface area (Å²) in [6.07, 6.45) is 15.5. The molecule has 0 radical (unpaired) electrons. The number of alkyl halides is 1. The van der Waals surface area contributed by atoms with Crippen LogP contribution in [0.15, 0.2) is 0 Å². The number of nitrogens with two attached hydrogens (primary N) is 1. The van der Waals surface area contributed by atoms with Gasteiger partial charge in [-0.2, -0.15) is 0 Å². The fraction of sp³-hybridized carbons (Fsp3) is 1.00. The first-order valence-electron chi connectivity index (χ1n) is 11.2. The smallest absolute Gasteiger partial charge is 0.160 e. The summed E-state index contributed by atoms with van der Waals surface area (Å²) in [5, 5.41) is 17.7.